The maximum Gasteiger partial charge on any atom is 0.141 e. The summed E-state index contributed by atoms with van der Waals surface area (Å²) in [4.78, 5) is 5.63. The first-order chi connectivity index (χ1) is 6.22. The molecule has 0 spiro atoms. The van der Waals surface area contributed by atoms with E-state index in [0.29, 0.717) is 13.1 Å². The maximum absolute atomic E-state index is 12.7. The standard InChI is InChI=1S/C9H13FN2O/c1-12(2-3-13)7-8-4-9(10)6-11-5-8/h4-6,13H,2-3,7H2,1H3. The average molecular weight is 184 g/mol. The lowest BCUT2D eigenvalue weighted by Crippen LogP contribution is -2.21. The molecule has 0 saturated carbocycles. The van der Waals surface area contributed by atoms with Crippen molar-refractivity contribution in [2.75, 3.05) is 20.2 Å². The number of likely N-dealkylation sites (N-methyl/N-ethyl adjacent to an activating group) is 1. The number of nitrogens with zero attached hydrogens (tertiary/aromatic N) is 2. The second kappa shape index (κ2) is 4.89. The van der Waals surface area contributed by atoms with E-state index in [1.165, 1.54) is 12.3 Å². The predicted molar refractivity (Wildman–Crippen MR) is 47.6 cm³/mol. The van der Waals surface area contributed by atoms with Gasteiger partial charge in [-0.3, -0.25) is 9.88 Å². The van der Waals surface area contributed by atoms with Crippen LogP contribution in [-0.2, 0) is 6.54 Å². The van der Waals surface area contributed by atoms with Crippen LogP contribution in [0.2, 0.25) is 0 Å². The van der Waals surface area contributed by atoms with Gasteiger partial charge < -0.3 is 5.11 Å². The van der Waals surface area contributed by atoms with E-state index in [2.05, 4.69) is 4.98 Å². The van der Waals surface area contributed by atoms with Crippen LogP contribution in [0.15, 0.2) is 18.5 Å². The van der Waals surface area contributed by atoms with E-state index >= 15 is 0 Å². The highest BCUT2D eigenvalue weighted by atomic mass is 19.1. The highest BCUT2D eigenvalue weighted by molar-refractivity contribution is 5.09. The molecule has 1 aromatic heterocycles. The Hall–Kier alpha value is -1.00. The second-order valence-corrected chi connectivity index (χ2v) is 2.97. The fourth-order valence-corrected chi connectivity index (χ4v) is 1.10. The van der Waals surface area contributed by atoms with Gasteiger partial charge in [0.1, 0.15) is 5.82 Å². The SMILES string of the molecule is CN(CCO)Cc1cncc(F)c1. The Kier molecular flexibility index (Phi) is 3.79. The monoisotopic (exact) mass is 184 g/mol. The molecule has 0 aromatic carbocycles. The lowest BCUT2D eigenvalue weighted by atomic mass is 10.2. The fraction of sp³-hybridized carbons (Fsp3) is 0.444. The summed E-state index contributed by atoms with van der Waals surface area (Å²) in [5.74, 6) is -0.324. The predicted octanol–water partition coefficient (Wildman–Crippen LogP) is 0.645. The molecule has 4 heteroatoms. The van der Waals surface area contributed by atoms with Crippen molar-refractivity contribution in [1.29, 1.82) is 0 Å². The zero-order valence-corrected chi connectivity index (χ0v) is 7.57. The van der Waals surface area contributed by atoms with Crippen LogP contribution in [0, 0.1) is 5.82 Å². The molecule has 1 heterocycles. The molecule has 0 aliphatic carbocycles. The van der Waals surface area contributed by atoms with Crippen molar-refractivity contribution in [1.82, 2.24) is 9.88 Å². The lowest BCUT2D eigenvalue weighted by Gasteiger charge is -2.14. The summed E-state index contributed by atoms with van der Waals surface area (Å²) < 4.78 is 12.7. The van der Waals surface area contributed by atoms with E-state index in [1.807, 2.05) is 11.9 Å². The summed E-state index contributed by atoms with van der Waals surface area (Å²) in [7, 11) is 1.86. The van der Waals surface area contributed by atoms with E-state index in [1.54, 1.807) is 6.20 Å². The van der Waals surface area contributed by atoms with Crippen molar-refractivity contribution in [3.63, 3.8) is 0 Å². The number of hydrogen-bond acceptors (Lipinski definition) is 3. The van der Waals surface area contributed by atoms with E-state index in [0.717, 1.165) is 5.56 Å². The largest absolute Gasteiger partial charge is 0.395 e. The van der Waals surface area contributed by atoms with Gasteiger partial charge in [0.25, 0.3) is 0 Å². The van der Waals surface area contributed by atoms with Gasteiger partial charge >= 0.3 is 0 Å². The summed E-state index contributed by atoms with van der Waals surface area (Å²) in [6, 6.07) is 1.45. The average Bonchev–Trinajstić information content (AvgIpc) is 2.04. The molecule has 0 saturated heterocycles. The number of pyridine rings is 1. The number of aromatic nitrogens is 1. The molecule has 0 unspecified atom stereocenters. The maximum atomic E-state index is 12.7. The minimum atomic E-state index is -0.324. The van der Waals surface area contributed by atoms with Crippen LogP contribution in [0.25, 0.3) is 0 Å². The third-order valence-electron chi connectivity index (χ3n) is 1.70. The van der Waals surface area contributed by atoms with Gasteiger partial charge in [0, 0.05) is 19.3 Å². The van der Waals surface area contributed by atoms with Crippen LogP contribution < -0.4 is 0 Å². The number of rotatable bonds is 4. The molecule has 0 fully saturated rings. The minimum absolute atomic E-state index is 0.110. The van der Waals surface area contributed by atoms with Crippen molar-refractivity contribution >= 4 is 0 Å². The smallest absolute Gasteiger partial charge is 0.141 e. The van der Waals surface area contributed by atoms with E-state index in [4.69, 9.17) is 5.11 Å². The quantitative estimate of drug-likeness (QED) is 0.746. The summed E-state index contributed by atoms with van der Waals surface area (Å²) >= 11 is 0. The summed E-state index contributed by atoms with van der Waals surface area (Å²) in [5, 5.41) is 8.64. The Bertz CT molecular complexity index is 268. The molecular formula is C9H13FN2O. The zero-order valence-electron chi connectivity index (χ0n) is 7.57. The van der Waals surface area contributed by atoms with Crippen LogP contribution in [0.5, 0.6) is 0 Å². The van der Waals surface area contributed by atoms with Gasteiger partial charge in [0.2, 0.25) is 0 Å². The van der Waals surface area contributed by atoms with Crippen molar-refractivity contribution in [2.45, 2.75) is 6.54 Å². The number of aliphatic hydroxyl groups excluding tert-OH is 1. The van der Waals surface area contributed by atoms with Gasteiger partial charge in [-0.1, -0.05) is 0 Å². The molecule has 0 aliphatic heterocycles. The van der Waals surface area contributed by atoms with Crippen molar-refractivity contribution in [2.24, 2.45) is 0 Å². The molecule has 0 amide bonds. The molecule has 1 aromatic rings. The first-order valence-electron chi connectivity index (χ1n) is 4.11. The number of aliphatic hydroxyl groups is 1. The van der Waals surface area contributed by atoms with Crippen molar-refractivity contribution < 1.29 is 9.50 Å². The molecule has 1 N–H and O–H groups in total. The van der Waals surface area contributed by atoms with E-state index < -0.39 is 0 Å². The molecule has 0 radical (unpaired) electrons. The van der Waals surface area contributed by atoms with Crippen LogP contribution >= 0.6 is 0 Å². The van der Waals surface area contributed by atoms with E-state index in [-0.39, 0.29) is 12.4 Å². The summed E-state index contributed by atoms with van der Waals surface area (Å²) in [6.07, 6.45) is 2.80. The normalized spacial score (nSPS) is 10.8. The Morgan fingerprint density at radius 3 is 2.92 bits per heavy atom. The molecule has 72 valence electrons. The number of halogens is 1. The Morgan fingerprint density at radius 2 is 2.31 bits per heavy atom. The zero-order chi connectivity index (χ0) is 9.68. The summed E-state index contributed by atoms with van der Waals surface area (Å²) in [6.45, 7) is 1.29. The van der Waals surface area contributed by atoms with Gasteiger partial charge in [0.05, 0.1) is 12.8 Å². The fourth-order valence-electron chi connectivity index (χ4n) is 1.10. The van der Waals surface area contributed by atoms with Gasteiger partial charge in [0.15, 0.2) is 0 Å². The molecule has 1 rings (SSSR count). The topological polar surface area (TPSA) is 36.4 Å². The second-order valence-electron chi connectivity index (χ2n) is 2.97. The molecule has 0 bridgehead atoms. The van der Waals surface area contributed by atoms with Crippen molar-refractivity contribution in [3.8, 4) is 0 Å². The van der Waals surface area contributed by atoms with Crippen LogP contribution in [0.3, 0.4) is 0 Å². The highest BCUT2D eigenvalue weighted by Crippen LogP contribution is 2.03. The highest BCUT2D eigenvalue weighted by Gasteiger charge is 2.00. The van der Waals surface area contributed by atoms with Gasteiger partial charge in [-0.15, -0.1) is 0 Å². The third kappa shape index (κ3) is 3.48. The lowest BCUT2D eigenvalue weighted by molar-refractivity contribution is 0.217. The molecule has 3 nitrogen and oxygen atoms in total. The minimum Gasteiger partial charge on any atom is -0.395 e. The Morgan fingerprint density at radius 1 is 1.54 bits per heavy atom. The van der Waals surface area contributed by atoms with Crippen LogP contribution in [-0.4, -0.2) is 35.2 Å². The first kappa shape index (κ1) is 10.1. The molecule has 13 heavy (non-hydrogen) atoms. The third-order valence-corrected chi connectivity index (χ3v) is 1.70. The first-order valence-corrected chi connectivity index (χ1v) is 4.11. The van der Waals surface area contributed by atoms with Gasteiger partial charge in [-0.2, -0.15) is 0 Å². The molecule has 0 atom stereocenters. The number of hydrogen-bond donors (Lipinski definition) is 1. The van der Waals surface area contributed by atoms with Crippen molar-refractivity contribution in [3.05, 3.63) is 29.8 Å². The van der Waals surface area contributed by atoms with Crippen LogP contribution in [0.1, 0.15) is 5.56 Å². The molecular weight excluding hydrogens is 171 g/mol. The van der Waals surface area contributed by atoms with Crippen LogP contribution in [0.4, 0.5) is 4.39 Å². The van der Waals surface area contributed by atoms with Gasteiger partial charge in [-0.05, 0) is 18.7 Å². The Balaban J connectivity index is 2.53. The van der Waals surface area contributed by atoms with E-state index in [9.17, 15) is 4.39 Å². The Labute approximate surface area is 76.8 Å². The summed E-state index contributed by atoms with van der Waals surface area (Å²) in [5.41, 5.74) is 0.816. The van der Waals surface area contributed by atoms with Gasteiger partial charge in [-0.25, -0.2) is 4.39 Å². The molecule has 0 aliphatic rings.